The SMILES string of the molecule is CCc1nccc(CN2CCCN(c3ccccc3C)CC2)n1. The lowest BCUT2D eigenvalue weighted by atomic mass is 10.2. The number of aryl methyl sites for hydroxylation is 2. The highest BCUT2D eigenvalue weighted by molar-refractivity contribution is 5.53. The Kier molecular flexibility index (Phi) is 5.23. The van der Waals surface area contributed by atoms with Crippen molar-refractivity contribution < 1.29 is 0 Å². The van der Waals surface area contributed by atoms with E-state index in [1.54, 1.807) is 0 Å². The quantitative estimate of drug-likeness (QED) is 0.869. The average molecular weight is 310 g/mol. The van der Waals surface area contributed by atoms with Gasteiger partial charge in [-0.3, -0.25) is 4.90 Å². The Morgan fingerprint density at radius 2 is 1.91 bits per heavy atom. The van der Waals surface area contributed by atoms with Gasteiger partial charge in [0.2, 0.25) is 0 Å². The number of nitrogens with zero attached hydrogens (tertiary/aromatic N) is 4. The highest BCUT2D eigenvalue weighted by atomic mass is 15.2. The van der Waals surface area contributed by atoms with Crippen LogP contribution >= 0.6 is 0 Å². The van der Waals surface area contributed by atoms with Gasteiger partial charge in [-0.05, 0) is 31.0 Å². The third-order valence-corrected chi connectivity index (χ3v) is 4.51. The lowest BCUT2D eigenvalue weighted by Crippen LogP contribution is -2.31. The van der Waals surface area contributed by atoms with Crippen molar-refractivity contribution in [3.8, 4) is 0 Å². The van der Waals surface area contributed by atoms with Gasteiger partial charge in [-0.2, -0.15) is 0 Å². The molecule has 4 heteroatoms. The van der Waals surface area contributed by atoms with Crippen LogP contribution in [0.4, 0.5) is 5.69 Å². The van der Waals surface area contributed by atoms with Crippen LogP contribution in [0.25, 0.3) is 0 Å². The third kappa shape index (κ3) is 4.08. The summed E-state index contributed by atoms with van der Waals surface area (Å²) in [5.41, 5.74) is 3.88. The molecule has 23 heavy (non-hydrogen) atoms. The van der Waals surface area contributed by atoms with Crippen LogP contribution < -0.4 is 4.90 Å². The first kappa shape index (κ1) is 15.9. The Bertz CT molecular complexity index is 641. The van der Waals surface area contributed by atoms with Gasteiger partial charge in [0, 0.05) is 51.0 Å². The fourth-order valence-electron chi connectivity index (χ4n) is 3.22. The smallest absolute Gasteiger partial charge is 0.128 e. The van der Waals surface area contributed by atoms with Crippen molar-refractivity contribution in [1.29, 1.82) is 0 Å². The summed E-state index contributed by atoms with van der Waals surface area (Å²) in [6, 6.07) is 10.7. The van der Waals surface area contributed by atoms with Gasteiger partial charge in [0.1, 0.15) is 5.82 Å². The van der Waals surface area contributed by atoms with Crippen molar-refractivity contribution in [2.45, 2.75) is 33.2 Å². The monoisotopic (exact) mass is 310 g/mol. The lowest BCUT2D eigenvalue weighted by Gasteiger charge is -2.25. The zero-order valence-electron chi connectivity index (χ0n) is 14.2. The van der Waals surface area contributed by atoms with Crippen LogP contribution in [-0.2, 0) is 13.0 Å². The highest BCUT2D eigenvalue weighted by Gasteiger charge is 2.16. The zero-order chi connectivity index (χ0) is 16.1. The summed E-state index contributed by atoms with van der Waals surface area (Å²) in [5, 5.41) is 0. The number of hydrogen-bond donors (Lipinski definition) is 0. The van der Waals surface area contributed by atoms with E-state index in [9.17, 15) is 0 Å². The molecule has 0 spiro atoms. The van der Waals surface area contributed by atoms with E-state index in [1.165, 1.54) is 17.7 Å². The Morgan fingerprint density at radius 3 is 2.74 bits per heavy atom. The Balaban J connectivity index is 1.63. The Hall–Kier alpha value is -1.94. The first-order valence-corrected chi connectivity index (χ1v) is 8.60. The summed E-state index contributed by atoms with van der Waals surface area (Å²) in [4.78, 5) is 14.0. The van der Waals surface area contributed by atoms with Crippen LogP contribution in [0.5, 0.6) is 0 Å². The molecule has 1 fully saturated rings. The molecule has 2 aromatic rings. The zero-order valence-corrected chi connectivity index (χ0v) is 14.2. The van der Waals surface area contributed by atoms with E-state index in [2.05, 4.69) is 57.9 Å². The fraction of sp³-hybridized carbons (Fsp3) is 0.474. The molecule has 0 bridgehead atoms. The van der Waals surface area contributed by atoms with Crippen molar-refractivity contribution in [1.82, 2.24) is 14.9 Å². The number of anilines is 1. The van der Waals surface area contributed by atoms with Crippen LogP contribution in [0.15, 0.2) is 36.5 Å². The largest absolute Gasteiger partial charge is 0.370 e. The highest BCUT2D eigenvalue weighted by Crippen LogP contribution is 2.21. The molecular formula is C19H26N4. The first-order chi connectivity index (χ1) is 11.3. The minimum Gasteiger partial charge on any atom is -0.370 e. The maximum Gasteiger partial charge on any atom is 0.128 e. The minimum absolute atomic E-state index is 0.898. The molecule has 1 aliphatic rings. The molecule has 1 aromatic carbocycles. The second-order valence-corrected chi connectivity index (χ2v) is 6.22. The molecular weight excluding hydrogens is 284 g/mol. The summed E-state index contributed by atoms with van der Waals surface area (Å²) in [7, 11) is 0. The van der Waals surface area contributed by atoms with E-state index in [0.29, 0.717) is 0 Å². The maximum absolute atomic E-state index is 4.64. The van der Waals surface area contributed by atoms with Crippen LogP contribution in [0.2, 0.25) is 0 Å². The van der Waals surface area contributed by atoms with Crippen molar-refractivity contribution in [2.75, 3.05) is 31.1 Å². The summed E-state index contributed by atoms with van der Waals surface area (Å²) >= 11 is 0. The molecule has 1 aromatic heterocycles. The molecule has 0 atom stereocenters. The normalized spacial score (nSPS) is 16.3. The second-order valence-electron chi connectivity index (χ2n) is 6.22. The molecule has 0 unspecified atom stereocenters. The van der Waals surface area contributed by atoms with E-state index < -0.39 is 0 Å². The molecule has 0 aliphatic carbocycles. The molecule has 3 rings (SSSR count). The summed E-state index contributed by atoms with van der Waals surface area (Å²) in [6.45, 7) is 9.66. The Labute approximate surface area is 139 Å². The molecule has 1 saturated heterocycles. The van der Waals surface area contributed by atoms with Gasteiger partial charge in [0.25, 0.3) is 0 Å². The maximum atomic E-state index is 4.64. The van der Waals surface area contributed by atoms with E-state index in [4.69, 9.17) is 0 Å². The van der Waals surface area contributed by atoms with Crippen molar-refractivity contribution in [3.05, 3.63) is 53.6 Å². The lowest BCUT2D eigenvalue weighted by molar-refractivity contribution is 0.281. The minimum atomic E-state index is 0.898. The summed E-state index contributed by atoms with van der Waals surface area (Å²) < 4.78 is 0. The van der Waals surface area contributed by atoms with Crippen molar-refractivity contribution in [2.24, 2.45) is 0 Å². The van der Waals surface area contributed by atoms with Gasteiger partial charge < -0.3 is 4.90 Å². The molecule has 122 valence electrons. The first-order valence-electron chi connectivity index (χ1n) is 8.60. The summed E-state index contributed by atoms with van der Waals surface area (Å²) in [5.74, 6) is 0.943. The van der Waals surface area contributed by atoms with Gasteiger partial charge in [0.05, 0.1) is 5.69 Å². The van der Waals surface area contributed by atoms with Crippen LogP contribution in [0, 0.1) is 6.92 Å². The topological polar surface area (TPSA) is 32.3 Å². The molecule has 1 aliphatic heterocycles. The molecule has 2 heterocycles. The van der Waals surface area contributed by atoms with Gasteiger partial charge in [-0.1, -0.05) is 25.1 Å². The van der Waals surface area contributed by atoms with Crippen molar-refractivity contribution in [3.63, 3.8) is 0 Å². The fourth-order valence-corrected chi connectivity index (χ4v) is 3.22. The second kappa shape index (κ2) is 7.55. The Morgan fingerprint density at radius 1 is 1.04 bits per heavy atom. The number of hydrogen-bond acceptors (Lipinski definition) is 4. The van der Waals surface area contributed by atoms with E-state index >= 15 is 0 Å². The number of benzene rings is 1. The summed E-state index contributed by atoms with van der Waals surface area (Å²) in [6.07, 6.45) is 3.98. The van der Waals surface area contributed by atoms with Crippen LogP contribution in [0.1, 0.15) is 30.4 Å². The number of rotatable bonds is 4. The standard InChI is InChI=1S/C19H26N4/c1-3-19-20-10-9-17(21-19)15-22-11-6-12-23(14-13-22)18-8-5-4-7-16(18)2/h4-5,7-10H,3,6,11-15H2,1-2H3. The third-order valence-electron chi connectivity index (χ3n) is 4.51. The predicted molar refractivity (Wildman–Crippen MR) is 94.7 cm³/mol. The number of para-hydroxylation sites is 1. The van der Waals surface area contributed by atoms with E-state index in [-0.39, 0.29) is 0 Å². The predicted octanol–water partition coefficient (Wildman–Crippen LogP) is 3.06. The van der Waals surface area contributed by atoms with Crippen LogP contribution in [-0.4, -0.2) is 41.0 Å². The molecule has 0 amide bonds. The molecule has 0 N–H and O–H groups in total. The average Bonchev–Trinajstić information content (AvgIpc) is 2.81. The van der Waals surface area contributed by atoms with E-state index in [0.717, 1.165) is 50.7 Å². The molecule has 4 nitrogen and oxygen atoms in total. The van der Waals surface area contributed by atoms with Gasteiger partial charge in [-0.25, -0.2) is 9.97 Å². The number of aromatic nitrogens is 2. The molecule has 0 radical (unpaired) electrons. The van der Waals surface area contributed by atoms with Gasteiger partial charge in [-0.15, -0.1) is 0 Å². The van der Waals surface area contributed by atoms with E-state index in [1.807, 2.05) is 12.3 Å². The van der Waals surface area contributed by atoms with Gasteiger partial charge in [0.15, 0.2) is 0 Å². The van der Waals surface area contributed by atoms with Crippen molar-refractivity contribution >= 4 is 5.69 Å². The van der Waals surface area contributed by atoms with Crippen LogP contribution in [0.3, 0.4) is 0 Å². The molecule has 0 saturated carbocycles. The van der Waals surface area contributed by atoms with Gasteiger partial charge >= 0.3 is 0 Å².